The van der Waals surface area contributed by atoms with Gasteiger partial charge in [-0.2, -0.15) is 0 Å². The monoisotopic (exact) mass is 435 g/mol. The van der Waals surface area contributed by atoms with Crippen molar-refractivity contribution in [1.29, 1.82) is 0 Å². The smallest absolute Gasteiger partial charge is 0.410 e. The van der Waals surface area contributed by atoms with E-state index >= 15 is 0 Å². The molecule has 2 amide bonds. The van der Waals surface area contributed by atoms with Crippen LogP contribution < -0.4 is 10.6 Å². The van der Waals surface area contributed by atoms with Crippen LogP contribution in [0.1, 0.15) is 39.2 Å². The molecule has 0 spiro atoms. The normalized spacial score (nSPS) is 15.8. The highest BCUT2D eigenvalue weighted by atomic mass is 16.6. The highest BCUT2D eigenvalue weighted by Gasteiger charge is 2.42. The fourth-order valence-electron chi connectivity index (χ4n) is 3.26. The number of nitrogens with one attached hydrogen (secondary N) is 2. The third kappa shape index (κ3) is 8.09. The van der Waals surface area contributed by atoms with Gasteiger partial charge in [-0.05, 0) is 39.2 Å². The van der Waals surface area contributed by atoms with E-state index in [0.717, 1.165) is 5.56 Å². The van der Waals surface area contributed by atoms with E-state index in [2.05, 4.69) is 10.6 Å². The van der Waals surface area contributed by atoms with Crippen molar-refractivity contribution in [2.24, 2.45) is 5.41 Å². The molecule has 0 aliphatic carbocycles. The third-order valence-electron chi connectivity index (χ3n) is 5.07. The Bertz CT molecular complexity index is 739. The average molecular weight is 436 g/mol. The fraction of sp³-hybridized carbons (Fsp3) is 0.591. The number of nitrogens with zero attached hydrogens (tertiary/aromatic N) is 1. The molecule has 0 aromatic heterocycles. The Morgan fingerprint density at radius 1 is 1.10 bits per heavy atom. The van der Waals surface area contributed by atoms with Gasteiger partial charge in [0.25, 0.3) is 0 Å². The molecule has 1 aliphatic rings. The molecule has 2 rings (SSSR count). The lowest BCUT2D eigenvalue weighted by molar-refractivity contribution is -0.151. The number of carbonyl (C=O) groups is 3. The first-order valence-electron chi connectivity index (χ1n) is 10.5. The zero-order valence-electron chi connectivity index (χ0n) is 18.5. The van der Waals surface area contributed by atoms with E-state index in [1.807, 2.05) is 30.3 Å². The molecule has 1 fully saturated rings. The van der Waals surface area contributed by atoms with Gasteiger partial charge in [-0.1, -0.05) is 30.3 Å². The number of rotatable bonds is 8. The molecule has 9 heteroatoms. The molecule has 0 bridgehead atoms. The van der Waals surface area contributed by atoms with Crippen LogP contribution in [-0.4, -0.2) is 66.5 Å². The summed E-state index contributed by atoms with van der Waals surface area (Å²) in [5.41, 5.74) is -0.640. The van der Waals surface area contributed by atoms with Crippen LogP contribution in [0.5, 0.6) is 0 Å². The van der Waals surface area contributed by atoms with E-state index in [1.165, 1.54) is 0 Å². The predicted molar refractivity (Wildman–Crippen MR) is 115 cm³/mol. The number of piperidine rings is 1. The van der Waals surface area contributed by atoms with Crippen LogP contribution in [-0.2, 0) is 20.9 Å². The van der Waals surface area contributed by atoms with Gasteiger partial charge in [0.05, 0.1) is 5.41 Å². The summed E-state index contributed by atoms with van der Waals surface area (Å²) in [7, 11) is 0. The summed E-state index contributed by atoms with van der Waals surface area (Å²) in [4.78, 5) is 37.4. The van der Waals surface area contributed by atoms with Gasteiger partial charge in [0, 0.05) is 32.7 Å². The summed E-state index contributed by atoms with van der Waals surface area (Å²) >= 11 is 0. The number of hydrogen-bond donors (Lipinski definition) is 3. The van der Waals surface area contributed by atoms with E-state index in [4.69, 9.17) is 9.47 Å². The molecule has 1 saturated heterocycles. The second kappa shape index (κ2) is 11.0. The van der Waals surface area contributed by atoms with Crippen LogP contribution in [0.3, 0.4) is 0 Å². The van der Waals surface area contributed by atoms with Gasteiger partial charge in [-0.3, -0.25) is 4.79 Å². The Balaban J connectivity index is 1.69. The zero-order valence-corrected chi connectivity index (χ0v) is 18.5. The molecule has 1 aromatic carbocycles. The van der Waals surface area contributed by atoms with Crippen molar-refractivity contribution in [2.45, 2.75) is 45.8 Å². The number of ether oxygens (including phenoxy) is 2. The van der Waals surface area contributed by atoms with Crippen molar-refractivity contribution < 1.29 is 29.0 Å². The lowest BCUT2D eigenvalue weighted by Gasteiger charge is -2.39. The number of carboxylic acid groups (broad SMARTS) is 1. The second-order valence-electron chi connectivity index (χ2n) is 8.72. The molecule has 1 heterocycles. The van der Waals surface area contributed by atoms with E-state index in [-0.39, 0.29) is 13.2 Å². The van der Waals surface area contributed by atoms with Crippen molar-refractivity contribution in [3.63, 3.8) is 0 Å². The van der Waals surface area contributed by atoms with Crippen LogP contribution in [0.15, 0.2) is 30.3 Å². The molecule has 1 aromatic rings. The standard InChI is InChI=1S/C22H33N3O6/c1-21(2,3)31-20(29)25-13-9-22(10-14-25,18(26)27)16-23-11-12-24-19(28)30-15-17-7-5-4-6-8-17/h4-8,23H,9-16H2,1-3H3,(H,24,28)(H,26,27). The number of alkyl carbamates (subject to hydrolysis) is 1. The average Bonchev–Trinajstić information content (AvgIpc) is 2.71. The van der Waals surface area contributed by atoms with Crippen molar-refractivity contribution in [1.82, 2.24) is 15.5 Å². The number of carboxylic acids is 1. The number of aliphatic carboxylic acids is 1. The molecule has 172 valence electrons. The van der Waals surface area contributed by atoms with Gasteiger partial charge in [-0.25, -0.2) is 9.59 Å². The topological polar surface area (TPSA) is 117 Å². The summed E-state index contributed by atoms with van der Waals surface area (Å²) in [5, 5.41) is 15.5. The number of hydrogen-bond acceptors (Lipinski definition) is 6. The van der Waals surface area contributed by atoms with Gasteiger partial charge in [0.2, 0.25) is 0 Å². The van der Waals surface area contributed by atoms with Crippen molar-refractivity contribution in [3.8, 4) is 0 Å². The Labute approximate surface area is 183 Å². The maximum Gasteiger partial charge on any atom is 0.410 e. The van der Waals surface area contributed by atoms with E-state index in [0.29, 0.717) is 39.0 Å². The molecular weight excluding hydrogens is 402 g/mol. The van der Waals surface area contributed by atoms with Crippen LogP contribution in [0.25, 0.3) is 0 Å². The largest absolute Gasteiger partial charge is 0.481 e. The van der Waals surface area contributed by atoms with E-state index < -0.39 is 29.2 Å². The quantitative estimate of drug-likeness (QED) is 0.537. The third-order valence-corrected chi connectivity index (χ3v) is 5.07. The highest BCUT2D eigenvalue weighted by molar-refractivity contribution is 5.76. The second-order valence-corrected chi connectivity index (χ2v) is 8.72. The maximum absolute atomic E-state index is 12.2. The first kappa shape index (κ1) is 24.5. The summed E-state index contributed by atoms with van der Waals surface area (Å²) in [6.45, 7) is 7.21. The SMILES string of the molecule is CC(C)(C)OC(=O)N1CCC(CNCCNC(=O)OCc2ccccc2)(C(=O)O)CC1. The lowest BCUT2D eigenvalue weighted by atomic mass is 9.78. The minimum atomic E-state index is -0.952. The molecule has 0 saturated carbocycles. The van der Waals surface area contributed by atoms with Crippen LogP contribution in [0, 0.1) is 5.41 Å². The molecule has 0 atom stereocenters. The van der Waals surface area contributed by atoms with Gasteiger partial charge >= 0.3 is 18.2 Å². The minimum absolute atomic E-state index is 0.191. The maximum atomic E-state index is 12.2. The number of likely N-dealkylation sites (tertiary alicyclic amines) is 1. The van der Waals surface area contributed by atoms with Gasteiger partial charge in [0.15, 0.2) is 0 Å². The summed E-state index contributed by atoms with van der Waals surface area (Å²) in [5.74, 6) is -0.890. The first-order valence-corrected chi connectivity index (χ1v) is 10.5. The number of benzene rings is 1. The highest BCUT2D eigenvalue weighted by Crippen LogP contribution is 2.32. The molecular formula is C22H33N3O6. The van der Waals surface area contributed by atoms with E-state index in [1.54, 1.807) is 25.7 Å². The Hall–Kier alpha value is -2.81. The van der Waals surface area contributed by atoms with E-state index in [9.17, 15) is 19.5 Å². The van der Waals surface area contributed by atoms with Crippen molar-refractivity contribution in [3.05, 3.63) is 35.9 Å². The summed E-state index contributed by atoms with van der Waals surface area (Å²) < 4.78 is 10.5. The minimum Gasteiger partial charge on any atom is -0.481 e. The fourth-order valence-corrected chi connectivity index (χ4v) is 3.26. The van der Waals surface area contributed by atoms with Crippen molar-refractivity contribution >= 4 is 18.2 Å². The Morgan fingerprint density at radius 2 is 1.74 bits per heavy atom. The summed E-state index contributed by atoms with van der Waals surface area (Å²) in [6, 6.07) is 9.37. The van der Waals surface area contributed by atoms with Gasteiger partial charge in [0.1, 0.15) is 12.2 Å². The number of amides is 2. The Morgan fingerprint density at radius 3 is 2.32 bits per heavy atom. The molecule has 3 N–H and O–H groups in total. The van der Waals surface area contributed by atoms with Gasteiger partial charge < -0.3 is 30.1 Å². The first-order chi connectivity index (χ1) is 14.6. The van der Waals surface area contributed by atoms with Crippen LogP contribution in [0.4, 0.5) is 9.59 Å². The molecule has 9 nitrogen and oxygen atoms in total. The lowest BCUT2D eigenvalue weighted by Crippen LogP contribution is -2.52. The van der Waals surface area contributed by atoms with Crippen molar-refractivity contribution in [2.75, 3.05) is 32.7 Å². The molecule has 1 aliphatic heterocycles. The molecule has 0 unspecified atom stereocenters. The Kier molecular flexibility index (Phi) is 8.67. The van der Waals surface area contributed by atoms with Crippen LogP contribution >= 0.6 is 0 Å². The predicted octanol–water partition coefficient (Wildman–Crippen LogP) is 2.60. The zero-order chi connectivity index (χ0) is 22.9. The molecule has 31 heavy (non-hydrogen) atoms. The van der Waals surface area contributed by atoms with Crippen LogP contribution in [0.2, 0.25) is 0 Å². The van der Waals surface area contributed by atoms with Gasteiger partial charge in [-0.15, -0.1) is 0 Å². The molecule has 0 radical (unpaired) electrons. The summed E-state index contributed by atoms with van der Waals surface area (Å²) in [6.07, 6.45) is -0.274. The number of carbonyl (C=O) groups excluding carboxylic acids is 2.